The van der Waals surface area contributed by atoms with E-state index in [1.807, 2.05) is 48.5 Å². The molecule has 4 aromatic rings. The second-order valence-corrected chi connectivity index (χ2v) is 5.91. The van der Waals surface area contributed by atoms with Crippen LogP contribution < -0.4 is 5.32 Å². The number of pyridine rings is 1. The maximum atomic E-state index is 12.3. The average Bonchev–Trinajstić information content (AvgIpc) is 3.18. The highest BCUT2D eigenvalue weighted by atomic mass is 16.4. The number of amides is 1. The molecule has 0 aliphatic rings. The van der Waals surface area contributed by atoms with Gasteiger partial charge in [-0.3, -0.25) is 4.79 Å². The number of nitrogens with one attached hydrogen (secondary N) is 1. The maximum absolute atomic E-state index is 12.3. The first kappa shape index (κ1) is 16.7. The van der Waals surface area contributed by atoms with Crippen LogP contribution in [0.25, 0.3) is 11.5 Å². The van der Waals surface area contributed by atoms with Crippen molar-refractivity contribution in [3.63, 3.8) is 0 Å². The SMILES string of the molecule is O=C(Nc1cc(-c2nnc(Cc3ccccc3)o2)ccn1)c1ccccc1. The van der Waals surface area contributed by atoms with Crippen molar-refractivity contribution < 1.29 is 9.21 Å². The van der Waals surface area contributed by atoms with Crippen molar-refractivity contribution in [1.29, 1.82) is 0 Å². The van der Waals surface area contributed by atoms with Gasteiger partial charge >= 0.3 is 0 Å². The smallest absolute Gasteiger partial charge is 0.256 e. The molecule has 2 aromatic heterocycles. The second-order valence-electron chi connectivity index (χ2n) is 5.91. The van der Waals surface area contributed by atoms with E-state index in [4.69, 9.17) is 4.42 Å². The average molecular weight is 356 g/mol. The van der Waals surface area contributed by atoms with Gasteiger partial charge in [0.1, 0.15) is 5.82 Å². The molecule has 0 unspecified atom stereocenters. The van der Waals surface area contributed by atoms with E-state index in [2.05, 4.69) is 20.5 Å². The number of aromatic nitrogens is 3. The van der Waals surface area contributed by atoms with Crippen molar-refractivity contribution in [2.24, 2.45) is 0 Å². The third-order valence-corrected chi connectivity index (χ3v) is 3.95. The molecule has 0 spiro atoms. The molecule has 6 heteroatoms. The molecule has 27 heavy (non-hydrogen) atoms. The Labute approximate surface area is 155 Å². The van der Waals surface area contributed by atoms with Crippen molar-refractivity contribution in [2.75, 3.05) is 5.32 Å². The Morgan fingerprint density at radius 2 is 1.67 bits per heavy atom. The van der Waals surface area contributed by atoms with Crippen molar-refractivity contribution in [2.45, 2.75) is 6.42 Å². The van der Waals surface area contributed by atoms with E-state index in [-0.39, 0.29) is 5.91 Å². The number of hydrogen-bond acceptors (Lipinski definition) is 5. The van der Waals surface area contributed by atoms with E-state index in [9.17, 15) is 4.79 Å². The fourth-order valence-corrected chi connectivity index (χ4v) is 2.62. The molecule has 0 aliphatic carbocycles. The minimum absolute atomic E-state index is 0.226. The summed E-state index contributed by atoms with van der Waals surface area (Å²) in [7, 11) is 0. The predicted molar refractivity (Wildman–Crippen MR) is 101 cm³/mol. The summed E-state index contributed by atoms with van der Waals surface area (Å²) in [4.78, 5) is 16.4. The summed E-state index contributed by atoms with van der Waals surface area (Å²) >= 11 is 0. The molecule has 6 nitrogen and oxygen atoms in total. The van der Waals surface area contributed by atoms with Crippen LogP contribution in [0, 0.1) is 0 Å². The Morgan fingerprint density at radius 3 is 2.44 bits per heavy atom. The molecule has 0 aliphatic heterocycles. The van der Waals surface area contributed by atoms with Gasteiger partial charge in [-0.2, -0.15) is 0 Å². The molecule has 0 atom stereocenters. The minimum atomic E-state index is -0.226. The fraction of sp³-hybridized carbons (Fsp3) is 0.0476. The Balaban J connectivity index is 1.50. The zero-order valence-electron chi connectivity index (χ0n) is 14.4. The lowest BCUT2D eigenvalue weighted by Crippen LogP contribution is -2.12. The number of anilines is 1. The Bertz CT molecular complexity index is 1050. The van der Waals surface area contributed by atoms with Crippen LogP contribution in [0.5, 0.6) is 0 Å². The number of rotatable bonds is 5. The van der Waals surface area contributed by atoms with E-state index in [1.165, 1.54) is 0 Å². The third-order valence-electron chi connectivity index (χ3n) is 3.95. The quantitative estimate of drug-likeness (QED) is 0.585. The topological polar surface area (TPSA) is 80.9 Å². The summed E-state index contributed by atoms with van der Waals surface area (Å²) in [5.74, 6) is 1.11. The summed E-state index contributed by atoms with van der Waals surface area (Å²) in [5, 5.41) is 11.0. The summed E-state index contributed by atoms with van der Waals surface area (Å²) in [6.45, 7) is 0. The molecular formula is C21H16N4O2. The zero-order valence-corrected chi connectivity index (χ0v) is 14.4. The normalized spacial score (nSPS) is 10.5. The number of carbonyl (C=O) groups excluding carboxylic acids is 1. The van der Waals surface area contributed by atoms with Gasteiger partial charge in [0.05, 0.1) is 6.42 Å². The number of benzene rings is 2. The van der Waals surface area contributed by atoms with Gasteiger partial charge in [-0.1, -0.05) is 48.5 Å². The van der Waals surface area contributed by atoms with Crippen molar-refractivity contribution >= 4 is 11.7 Å². The molecule has 1 amide bonds. The van der Waals surface area contributed by atoms with Crippen LogP contribution in [0.4, 0.5) is 5.82 Å². The van der Waals surface area contributed by atoms with Crippen molar-refractivity contribution in [1.82, 2.24) is 15.2 Å². The van der Waals surface area contributed by atoms with Gasteiger partial charge in [0.25, 0.3) is 5.91 Å². The lowest BCUT2D eigenvalue weighted by atomic mass is 10.1. The molecule has 0 radical (unpaired) electrons. The van der Waals surface area contributed by atoms with Gasteiger partial charge in [0.15, 0.2) is 0 Å². The largest absolute Gasteiger partial charge is 0.420 e. The monoisotopic (exact) mass is 356 g/mol. The Kier molecular flexibility index (Phi) is 4.70. The van der Waals surface area contributed by atoms with Crippen LogP contribution in [0.2, 0.25) is 0 Å². The first-order valence-electron chi connectivity index (χ1n) is 8.47. The van der Waals surface area contributed by atoms with E-state index in [0.717, 1.165) is 5.56 Å². The van der Waals surface area contributed by atoms with Gasteiger partial charge in [-0.25, -0.2) is 4.98 Å². The molecule has 0 saturated heterocycles. The van der Waals surface area contributed by atoms with Gasteiger partial charge in [-0.05, 0) is 29.8 Å². The first-order valence-corrected chi connectivity index (χ1v) is 8.47. The molecule has 0 bridgehead atoms. The molecule has 1 N–H and O–H groups in total. The van der Waals surface area contributed by atoms with E-state index in [0.29, 0.717) is 35.1 Å². The minimum Gasteiger partial charge on any atom is -0.420 e. The van der Waals surface area contributed by atoms with E-state index >= 15 is 0 Å². The summed E-state index contributed by atoms with van der Waals surface area (Å²) in [6, 6.07) is 22.4. The van der Waals surface area contributed by atoms with Crippen LogP contribution in [0.3, 0.4) is 0 Å². The highest BCUT2D eigenvalue weighted by Crippen LogP contribution is 2.21. The van der Waals surface area contributed by atoms with Crippen LogP contribution >= 0.6 is 0 Å². The Hall–Kier alpha value is -3.80. The third kappa shape index (κ3) is 4.07. The standard InChI is InChI=1S/C21H16N4O2/c26-20(16-9-5-2-6-10-16)23-18-14-17(11-12-22-18)21-25-24-19(27-21)13-15-7-3-1-4-8-15/h1-12,14H,13H2,(H,22,23,26). The van der Waals surface area contributed by atoms with Crippen molar-refractivity contribution in [3.8, 4) is 11.5 Å². The lowest BCUT2D eigenvalue weighted by molar-refractivity contribution is 0.102. The number of hydrogen-bond donors (Lipinski definition) is 1. The number of carbonyl (C=O) groups is 1. The van der Waals surface area contributed by atoms with E-state index < -0.39 is 0 Å². The van der Waals surface area contributed by atoms with Crippen LogP contribution in [-0.2, 0) is 6.42 Å². The van der Waals surface area contributed by atoms with E-state index in [1.54, 1.807) is 30.5 Å². The molecule has 2 heterocycles. The Morgan fingerprint density at radius 1 is 0.926 bits per heavy atom. The van der Waals surface area contributed by atoms with Crippen LogP contribution in [0.1, 0.15) is 21.8 Å². The van der Waals surface area contributed by atoms with Gasteiger partial charge in [-0.15, -0.1) is 10.2 Å². The zero-order chi connectivity index (χ0) is 18.5. The molecule has 0 fully saturated rings. The number of nitrogens with zero attached hydrogens (tertiary/aromatic N) is 3. The molecule has 4 rings (SSSR count). The lowest BCUT2D eigenvalue weighted by Gasteiger charge is -2.05. The van der Waals surface area contributed by atoms with Gasteiger partial charge in [0, 0.05) is 17.3 Å². The summed E-state index contributed by atoms with van der Waals surface area (Å²) in [6.07, 6.45) is 2.16. The van der Waals surface area contributed by atoms with Crippen molar-refractivity contribution in [3.05, 3.63) is 96.0 Å². The summed E-state index contributed by atoms with van der Waals surface area (Å²) < 4.78 is 5.76. The molecular weight excluding hydrogens is 340 g/mol. The fourth-order valence-electron chi connectivity index (χ4n) is 2.62. The summed E-state index contributed by atoms with van der Waals surface area (Å²) in [5.41, 5.74) is 2.35. The highest BCUT2D eigenvalue weighted by Gasteiger charge is 2.12. The van der Waals surface area contributed by atoms with Gasteiger partial charge < -0.3 is 9.73 Å². The molecule has 132 valence electrons. The highest BCUT2D eigenvalue weighted by molar-refractivity contribution is 6.03. The maximum Gasteiger partial charge on any atom is 0.256 e. The van der Waals surface area contributed by atoms with Crippen LogP contribution in [-0.4, -0.2) is 21.1 Å². The molecule has 0 saturated carbocycles. The van der Waals surface area contributed by atoms with Gasteiger partial charge in [0.2, 0.25) is 11.8 Å². The molecule has 2 aromatic carbocycles. The first-order chi connectivity index (χ1) is 13.3. The van der Waals surface area contributed by atoms with Crippen LogP contribution in [0.15, 0.2) is 83.4 Å². The predicted octanol–water partition coefficient (Wildman–Crippen LogP) is 3.97. The second kappa shape index (κ2) is 7.61.